The molecule has 7 rings (SSSR count). The van der Waals surface area contributed by atoms with Gasteiger partial charge in [0.1, 0.15) is 5.82 Å². The molecule has 4 nitrogen and oxygen atoms in total. The van der Waals surface area contributed by atoms with Crippen molar-refractivity contribution in [1.29, 1.82) is 0 Å². The maximum Gasteiger partial charge on any atom is 0.163 e. The smallest absolute Gasteiger partial charge is 0.163 e. The molecule has 0 saturated heterocycles. The largest absolute Gasteiger partial charge is 0.309 e. The van der Waals surface area contributed by atoms with E-state index < -0.39 is 0 Å². The first-order valence-corrected chi connectivity index (χ1v) is 14.0. The van der Waals surface area contributed by atoms with Crippen LogP contribution in [0, 0.1) is 0 Å². The van der Waals surface area contributed by atoms with E-state index in [1.54, 1.807) is 0 Å². The van der Waals surface area contributed by atoms with Gasteiger partial charge in [-0.1, -0.05) is 112 Å². The summed E-state index contributed by atoms with van der Waals surface area (Å²) in [5.41, 5.74) is 7.56. The lowest BCUT2D eigenvalue weighted by molar-refractivity contribution is 0.543. The summed E-state index contributed by atoms with van der Waals surface area (Å²) < 4.78 is 2.32. The van der Waals surface area contributed by atoms with Crippen molar-refractivity contribution in [2.45, 2.75) is 26.2 Å². The second-order valence-electron chi connectivity index (χ2n) is 11.4. The fraction of sp³-hybridized carbons (Fsp3) is 0.108. The Balaban J connectivity index is 1.30. The third-order valence-electron chi connectivity index (χ3n) is 7.52. The van der Waals surface area contributed by atoms with Gasteiger partial charge in [0.05, 0.1) is 11.0 Å². The molecule has 0 radical (unpaired) electrons. The van der Waals surface area contributed by atoms with E-state index in [-0.39, 0.29) is 5.41 Å². The number of nitrogens with zero attached hydrogens (tertiary/aromatic N) is 4. The molecule has 0 amide bonds. The van der Waals surface area contributed by atoms with Gasteiger partial charge in [0.2, 0.25) is 0 Å². The summed E-state index contributed by atoms with van der Waals surface area (Å²) in [6.45, 7) is 6.42. The van der Waals surface area contributed by atoms with Crippen LogP contribution in [-0.4, -0.2) is 19.5 Å². The monoisotopic (exact) mass is 530 g/mol. The quantitative estimate of drug-likeness (QED) is 0.228. The molecule has 0 aliphatic carbocycles. The van der Waals surface area contributed by atoms with Gasteiger partial charge in [-0.3, -0.25) is 0 Å². The minimum Gasteiger partial charge on any atom is -0.309 e. The zero-order valence-corrected chi connectivity index (χ0v) is 23.4. The van der Waals surface area contributed by atoms with Gasteiger partial charge in [0.15, 0.2) is 11.6 Å². The highest BCUT2D eigenvalue weighted by molar-refractivity contribution is 6.09. The topological polar surface area (TPSA) is 43.6 Å². The zero-order chi connectivity index (χ0) is 28.0. The van der Waals surface area contributed by atoms with Crippen LogP contribution < -0.4 is 0 Å². The lowest BCUT2D eigenvalue weighted by Gasteiger charge is -2.18. The first kappa shape index (κ1) is 24.9. The fourth-order valence-electron chi connectivity index (χ4n) is 5.37. The van der Waals surface area contributed by atoms with E-state index in [4.69, 9.17) is 15.0 Å². The first-order chi connectivity index (χ1) is 20.0. The van der Waals surface area contributed by atoms with Crippen molar-refractivity contribution in [2.75, 3.05) is 0 Å². The average Bonchev–Trinajstić information content (AvgIpc) is 3.35. The van der Waals surface area contributed by atoms with Gasteiger partial charge in [-0.25, -0.2) is 15.0 Å². The highest BCUT2D eigenvalue weighted by Crippen LogP contribution is 2.33. The number of benzene rings is 5. The summed E-state index contributed by atoms with van der Waals surface area (Å²) >= 11 is 0. The predicted molar refractivity (Wildman–Crippen MR) is 169 cm³/mol. The van der Waals surface area contributed by atoms with Crippen LogP contribution in [-0.2, 0) is 5.41 Å². The number of hydrogen-bond acceptors (Lipinski definition) is 3. The van der Waals surface area contributed by atoms with E-state index in [0.29, 0.717) is 11.6 Å². The van der Waals surface area contributed by atoms with Crippen molar-refractivity contribution in [3.8, 4) is 39.6 Å². The fourth-order valence-corrected chi connectivity index (χ4v) is 5.37. The minimum atomic E-state index is -0.223. The first-order valence-electron chi connectivity index (χ1n) is 14.0. The van der Waals surface area contributed by atoms with Crippen molar-refractivity contribution in [2.24, 2.45) is 0 Å². The second kappa shape index (κ2) is 9.83. The van der Waals surface area contributed by atoms with Crippen molar-refractivity contribution in [3.05, 3.63) is 133 Å². The molecule has 0 spiro atoms. The van der Waals surface area contributed by atoms with E-state index in [1.807, 2.05) is 6.07 Å². The van der Waals surface area contributed by atoms with Gasteiger partial charge in [0, 0.05) is 33.0 Å². The molecule has 0 fully saturated rings. The molecule has 0 bridgehead atoms. The van der Waals surface area contributed by atoms with Crippen LogP contribution in [0.4, 0.5) is 0 Å². The second-order valence-corrected chi connectivity index (χ2v) is 11.4. The molecule has 0 aliphatic rings. The van der Waals surface area contributed by atoms with Gasteiger partial charge in [-0.15, -0.1) is 0 Å². The molecule has 2 heterocycles. The summed E-state index contributed by atoms with van der Waals surface area (Å²) in [5, 5.41) is 2.50. The van der Waals surface area contributed by atoms with Gasteiger partial charge in [-0.2, -0.15) is 0 Å². The SMILES string of the molecule is CC(C)(C)c1nc(-c2ccc(-c3ccccc3)cc2)nc(-c2ccc(-n3c4ccccc4c4ccccc43)cc2)n1. The molecule has 2 aromatic heterocycles. The van der Waals surface area contributed by atoms with E-state index >= 15 is 0 Å². The Kier molecular flexibility index (Phi) is 5.97. The summed E-state index contributed by atoms with van der Waals surface area (Å²) in [6.07, 6.45) is 0. The van der Waals surface area contributed by atoms with Gasteiger partial charge < -0.3 is 4.57 Å². The molecule has 7 aromatic rings. The van der Waals surface area contributed by atoms with E-state index in [2.05, 4.69) is 147 Å². The number of rotatable bonds is 4. The highest BCUT2D eigenvalue weighted by Gasteiger charge is 2.21. The van der Waals surface area contributed by atoms with Crippen LogP contribution in [0.25, 0.3) is 61.4 Å². The van der Waals surface area contributed by atoms with Crippen LogP contribution in [0.2, 0.25) is 0 Å². The van der Waals surface area contributed by atoms with Gasteiger partial charge in [0.25, 0.3) is 0 Å². The van der Waals surface area contributed by atoms with Gasteiger partial charge in [-0.05, 0) is 47.5 Å². The highest BCUT2D eigenvalue weighted by atomic mass is 15.0. The van der Waals surface area contributed by atoms with Crippen LogP contribution >= 0.6 is 0 Å². The Morgan fingerprint density at radius 1 is 0.439 bits per heavy atom. The molecule has 0 saturated carbocycles. The molecule has 41 heavy (non-hydrogen) atoms. The van der Waals surface area contributed by atoms with Crippen LogP contribution in [0.1, 0.15) is 26.6 Å². The Hall–Kier alpha value is -5.09. The molecular weight excluding hydrogens is 500 g/mol. The maximum absolute atomic E-state index is 4.95. The summed E-state index contributed by atoms with van der Waals surface area (Å²) in [7, 11) is 0. The number of hydrogen-bond donors (Lipinski definition) is 0. The molecule has 4 heteroatoms. The van der Waals surface area contributed by atoms with Crippen LogP contribution in [0.15, 0.2) is 127 Å². The Morgan fingerprint density at radius 2 is 0.878 bits per heavy atom. The molecule has 0 atom stereocenters. The number of fused-ring (bicyclic) bond motifs is 3. The Bertz CT molecular complexity index is 1940. The molecule has 5 aromatic carbocycles. The predicted octanol–water partition coefficient (Wildman–Crippen LogP) is 9.27. The van der Waals surface area contributed by atoms with Crippen molar-refractivity contribution in [3.63, 3.8) is 0 Å². The summed E-state index contributed by atoms with van der Waals surface area (Å²) in [6, 6.07) is 44.5. The van der Waals surface area contributed by atoms with E-state index in [0.717, 1.165) is 22.6 Å². The lowest BCUT2D eigenvalue weighted by Crippen LogP contribution is -2.18. The van der Waals surface area contributed by atoms with E-state index in [9.17, 15) is 0 Å². The third kappa shape index (κ3) is 4.57. The Labute approximate surface area is 240 Å². The molecular formula is C37H30N4. The van der Waals surface area contributed by atoms with Crippen molar-refractivity contribution in [1.82, 2.24) is 19.5 Å². The average molecular weight is 531 g/mol. The van der Waals surface area contributed by atoms with Crippen molar-refractivity contribution >= 4 is 21.8 Å². The standard InChI is InChI=1S/C37H30N4/c1-37(2,3)36-39-34(27-19-17-26(18-20-27)25-11-5-4-6-12-25)38-35(40-36)28-21-23-29(24-22-28)41-32-15-9-7-13-30(32)31-14-8-10-16-33(31)41/h4-24H,1-3H3. The summed E-state index contributed by atoms with van der Waals surface area (Å²) in [5.74, 6) is 2.14. The Morgan fingerprint density at radius 3 is 1.41 bits per heavy atom. The summed E-state index contributed by atoms with van der Waals surface area (Å²) in [4.78, 5) is 14.8. The molecule has 0 N–H and O–H groups in total. The molecule has 198 valence electrons. The third-order valence-corrected chi connectivity index (χ3v) is 7.52. The number of para-hydroxylation sites is 2. The van der Waals surface area contributed by atoms with Crippen LogP contribution in [0.5, 0.6) is 0 Å². The maximum atomic E-state index is 4.95. The van der Waals surface area contributed by atoms with E-state index in [1.165, 1.54) is 32.9 Å². The minimum absolute atomic E-state index is 0.223. The number of aromatic nitrogens is 4. The van der Waals surface area contributed by atoms with Crippen LogP contribution in [0.3, 0.4) is 0 Å². The lowest BCUT2D eigenvalue weighted by atomic mass is 9.95. The van der Waals surface area contributed by atoms with Crippen molar-refractivity contribution < 1.29 is 0 Å². The van der Waals surface area contributed by atoms with Gasteiger partial charge >= 0.3 is 0 Å². The molecule has 0 aliphatic heterocycles. The molecule has 0 unspecified atom stereocenters. The normalized spacial score (nSPS) is 11.8. The zero-order valence-electron chi connectivity index (χ0n) is 23.4.